The van der Waals surface area contributed by atoms with Crippen LogP contribution in [0, 0.1) is 0 Å². The summed E-state index contributed by atoms with van der Waals surface area (Å²) >= 11 is 5.72. The lowest BCUT2D eigenvalue weighted by atomic mass is 10.3. The van der Waals surface area contributed by atoms with E-state index < -0.39 is 7.60 Å². The molecule has 5 nitrogen and oxygen atoms in total. The van der Waals surface area contributed by atoms with Gasteiger partial charge in [-0.25, -0.2) is 0 Å². The van der Waals surface area contributed by atoms with Crippen LogP contribution in [0.1, 0.15) is 6.92 Å². The van der Waals surface area contributed by atoms with Crippen LogP contribution in [0.3, 0.4) is 0 Å². The monoisotopic (exact) mass is 264 g/mol. The summed E-state index contributed by atoms with van der Waals surface area (Å²) in [5.74, 6) is 0. The summed E-state index contributed by atoms with van der Waals surface area (Å²) in [5, 5.41) is 3.26. The van der Waals surface area contributed by atoms with E-state index in [0.29, 0.717) is 16.4 Å². The Morgan fingerprint density at radius 2 is 2.31 bits per heavy atom. The summed E-state index contributed by atoms with van der Waals surface area (Å²) in [4.78, 5) is 9.33. The lowest BCUT2D eigenvalue weighted by molar-refractivity contribution is 0.275. The smallest absolute Gasteiger partial charge is 0.346 e. The molecule has 1 aromatic carbocycles. The zero-order valence-electron chi connectivity index (χ0n) is 8.81. The highest BCUT2D eigenvalue weighted by Crippen LogP contribution is 2.41. The van der Waals surface area contributed by atoms with E-state index >= 15 is 0 Å². The second kappa shape index (κ2) is 5.55. The van der Waals surface area contributed by atoms with Crippen LogP contribution in [0.2, 0.25) is 5.02 Å². The molecule has 0 saturated heterocycles. The molecule has 0 radical (unpaired) electrons. The third-order valence-corrected chi connectivity index (χ3v) is 3.27. The van der Waals surface area contributed by atoms with Gasteiger partial charge in [-0.15, -0.1) is 0 Å². The summed E-state index contributed by atoms with van der Waals surface area (Å²) in [7, 11) is -3.59. The Kier molecular flexibility index (Phi) is 4.62. The predicted octanol–water partition coefficient (Wildman–Crippen LogP) is 2.51. The molecule has 1 atom stereocenters. The summed E-state index contributed by atoms with van der Waals surface area (Å²) < 4.78 is 16.1. The largest absolute Gasteiger partial charge is 0.397 e. The fourth-order valence-corrected chi connectivity index (χ4v) is 2.17. The number of anilines is 2. The molecule has 90 valence electrons. The van der Waals surface area contributed by atoms with Gasteiger partial charge in [-0.3, -0.25) is 4.57 Å². The highest BCUT2D eigenvalue weighted by molar-refractivity contribution is 7.52. The number of halogens is 1. The maximum absolute atomic E-state index is 11.4. The fourth-order valence-electron chi connectivity index (χ4n) is 1.13. The Bertz CT molecular complexity index is 414. The summed E-state index contributed by atoms with van der Waals surface area (Å²) in [5.41, 5.74) is 6.64. The van der Waals surface area contributed by atoms with Gasteiger partial charge >= 0.3 is 7.60 Å². The molecule has 0 aliphatic heterocycles. The molecule has 0 bridgehead atoms. The van der Waals surface area contributed by atoms with E-state index in [4.69, 9.17) is 21.9 Å². The van der Waals surface area contributed by atoms with E-state index in [1.807, 2.05) is 0 Å². The Morgan fingerprint density at radius 3 is 2.88 bits per heavy atom. The molecule has 0 aliphatic rings. The molecule has 0 saturated carbocycles. The van der Waals surface area contributed by atoms with Crippen molar-refractivity contribution in [2.24, 2.45) is 0 Å². The Hall–Kier alpha value is -0.740. The van der Waals surface area contributed by atoms with Crippen LogP contribution in [-0.4, -0.2) is 17.8 Å². The highest BCUT2D eigenvalue weighted by Gasteiger charge is 2.18. The number of nitrogens with one attached hydrogen (secondary N) is 1. The molecule has 4 N–H and O–H groups in total. The number of hydrogen-bond acceptors (Lipinski definition) is 4. The van der Waals surface area contributed by atoms with E-state index in [1.54, 1.807) is 25.1 Å². The molecule has 0 aromatic heterocycles. The topological polar surface area (TPSA) is 84.6 Å². The lowest BCUT2D eigenvalue weighted by Crippen LogP contribution is -2.06. The molecule has 1 unspecified atom stereocenters. The Labute approximate surface area is 99.1 Å². The van der Waals surface area contributed by atoms with Crippen molar-refractivity contribution in [3.8, 4) is 0 Å². The molecular weight excluding hydrogens is 251 g/mol. The third kappa shape index (κ3) is 4.02. The van der Waals surface area contributed by atoms with Crippen LogP contribution >= 0.6 is 19.2 Å². The molecule has 0 aliphatic carbocycles. The number of nitrogen functional groups attached to an aromatic ring is 1. The van der Waals surface area contributed by atoms with E-state index in [9.17, 15) is 9.46 Å². The molecule has 1 aromatic rings. The van der Waals surface area contributed by atoms with E-state index in [2.05, 4.69) is 5.32 Å². The van der Waals surface area contributed by atoms with Crippen molar-refractivity contribution in [1.82, 2.24) is 0 Å². The number of benzene rings is 1. The highest BCUT2D eigenvalue weighted by atomic mass is 35.5. The average Bonchev–Trinajstić information content (AvgIpc) is 2.16. The van der Waals surface area contributed by atoms with Crippen LogP contribution in [0.4, 0.5) is 11.4 Å². The van der Waals surface area contributed by atoms with Gasteiger partial charge in [0.15, 0.2) is 0 Å². The van der Waals surface area contributed by atoms with Crippen LogP contribution in [0.5, 0.6) is 0 Å². The SMILES string of the molecule is CCOP(=O)(O)CNc1ccc(Cl)cc1N. The molecule has 1 rings (SSSR count). The van der Waals surface area contributed by atoms with Gasteiger partial charge in [-0.2, -0.15) is 0 Å². The van der Waals surface area contributed by atoms with Gasteiger partial charge in [0.05, 0.1) is 18.0 Å². The molecule has 0 heterocycles. The van der Waals surface area contributed by atoms with Gasteiger partial charge in [0.1, 0.15) is 6.29 Å². The zero-order chi connectivity index (χ0) is 12.2. The average molecular weight is 265 g/mol. The molecule has 0 spiro atoms. The molecule has 0 fully saturated rings. The molecule has 16 heavy (non-hydrogen) atoms. The van der Waals surface area contributed by atoms with Crippen molar-refractivity contribution >= 4 is 30.6 Å². The summed E-state index contributed by atoms with van der Waals surface area (Å²) in [6.45, 7) is 1.84. The van der Waals surface area contributed by atoms with Crippen molar-refractivity contribution in [3.05, 3.63) is 23.2 Å². The third-order valence-electron chi connectivity index (χ3n) is 1.81. The van der Waals surface area contributed by atoms with Gasteiger partial charge in [0, 0.05) is 5.02 Å². The van der Waals surface area contributed by atoms with Gasteiger partial charge in [0.2, 0.25) is 0 Å². The van der Waals surface area contributed by atoms with Crippen LogP contribution in [-0.2, 0) is 9.09 Å². The van der Waals surface area contributed by atoms with Crippen LogP contribution in [0.25, 0.3) is 0 Å². The van der Waals surface area contributed by atoms with Gasteiger partial charge in [-0.05, 0) is 25.1 Å². The second-order valence-corrected chi connectivity index (χ2v) is 5.41. The van der Waals surface area contributed by atoms with Crippen molar-refractivity contribution in [3.63, 3.8) is 0 Å². The van der Waals surface area contributed by atoms with Gasteiger partial charge in [-0.1, -0.05) is 11.6 Å². The van der Waals surface area contributed by atoms with Gasteiger partial charge in [0.25, 0.3) is 0 Å². The zero-order valence-corrected chi connectivity index (χ0v) is 10.5. The molecule has 7 heteroatoms. The standard InChI is InChI=1S/C9H14ClN2O3P/c1-2-15-16(13,14)6-12-9-4-3-7(10)5-8(9)11/h3-5,12H,2,6,11H2,1H3,(H,13,14). The van der Waals surface area contributed by atoms with E-state index in [1.165, 1.54) is 0 Å². The fraction of sp³-hybridized carbons (Fsp3) is 0.333. The Balaban J connectivity index is 2.64. The van der Waals surface area contributed by atoms with Gasteiger partial charge < -0.3 is 20.5 Å². The predicted molar refractivity (Wildman–Crippen MR) is 65.8 cm³/mol. The normalized spacial score (nSPS) is 14.4. The van der Waals surface area contributed by atoms with Crippen molar-refractivity contribution < 1.29 is 14.0 Å². The number of nitrogens with two attached hydrogens (primary N) is 1. The first-order valence-electron chi connectivity index (χ1n) is 4.70. The minimum Gasteiger partial charge on any atom is -0.397 e. The maximum atomic E-state index is 11.4. The van der Waals surface area contributed by atoms with Crippen LogP contribution in [0.15, 0.2) is 18.2 Å². The summed E-state index contributed by atoms with van der Waals surface area (Å²) in [6, 6.07) is 4.85. The number of hydrogen-bond donors (Lipinski definition) is 3. The number of rotatable bonds is 5. The minimum atomic E-state index is -3.59. The minimum absolute atomic E-state index is 0.186. The first-order chi connectivity index (χ1) is 7.44. The first kappa shape index (κ1) is 13.3. The lowest BCUT2D eigenvalue weighted by Gasteiger charge is -2.13. The Morgan fingerprint density at radius 1 is 1.62 bits per heavy atom. The first-order valence-corrected chi connectivity index (χ1v) is 6.84. The maximum Gasteiger partial charge on any atom is 0.346 e. The van der Waals surface area contributed by atoms with Crippen molar-refractivity contribution in [2.75, 3.05) is 23.9 Å². The van der Waals surface area contributed by atoms with Crippen LogP contribution < -0.4 is 11.1 Å². The second-order valence-electron chi connectivity index (χ2n) is 3.12. The molecule has 0 amide bonds. The summed E-state index contributed by atoms with van der Waals surface area (Å²) in [6.07, 6.45) is -0.188. The quantitative estimate of drug-likeness (QED) is 0.562. The molecular formula is C9H14ClN2O3P. The van der Waals surface area contributed by atoms with Crippen molar-refractivity contribution in [1.29, 1.82) is 0 Å². The van der Waals surface area contributed by atoms with E-state index in [-0.39, 0.29) is 12.9 Å². The van der Waals surface area contributed by atoms with Crippen molar-refractivity contribution in [2.45, 2.75) is 6.92 Å². The van der Waals surface area contributed by atoms with E-state index in [0.717, 1.165) is 0 Å².